The summed E-state index contributed by atoms with van der Waals surface area (Å²) in [6.45, 7) is 3.54. The van der Waals surface area contributed by atoms with Crippen LogP contribution in [0.4, 0.5) is 0 Å². The van der Waals surface area contributed by atoms with Crippen molar-refractivity contribution in [3.8, 4) is 0 Å². The Hall–Kier alpha value is -3.24. The molecule has 0 saturated carbocycles. The molecular weight excluding hydrogens is 434 g/mol. The van der Waals surface area contributed by atoms with Crippen molar-refractivity contribution in [1.82, 2.24) is 14.4 Å². The van der Waals surface area contributed by atoms with Crippen LogP contribution in [0.15, 0.2) is 51.9 Å². The van der Waals surface area contributed by atoms with E-state index in [2.05, 4.69) is 5.16 Å². The number of esters is 1. The summed E-state index contributed by atoms with van der Waals surface area (Å²) in [5.41, 5.74) is 0.608. The third-order valence-electron chi connectivity index (χ3n) is 5.51. The highest BCUT2D eigenvalue weighted by Crippen LogP contribution is 2.23. The minimum atomic E-state index is -3.67. The first kappa shape index (κ1) is 22.0. The van der Waals surface area contributed by atoms with Gasteiger partial charge in [-0.2, -0.15) is 4.31 Å². The van der Waals surface area contributed by atoms with Crippen molar-refractivity contribution in [2.75, 3.05) is 32.8 Å². The molecule has 1 amide bonds. The fourth-order valence-electron chi connectivity index (χ4n) is 3.72. The van der Waals surface area contributed by atoms with Crippen LogP contribution in [0.5, 0.6) is 0 Å². The number of benzene rings is 2. The van der Waals surface area contributed by atoms with Gasteiger partial charge in [0.25, 0.3) is 5.91 Å². The Labute approximate surface area is 185 Å². The van der Waals surface area contributed by atoms with Crippen LogP contribution >= 0.6 is 0 Å². The average molecular weight is 458 g/mol. The normalized spacial score (nSPS) is 15.1. The molecule has 0 spiro atoms. The van der Waals surface area contributed by atoms with E-state index in [9.17, 15) is 18.0 Å². The van der Waals surface area contributed by atoms with E-state index >= 15 is 0 Å². The molecule has 2 aromatic carbocycles. The molecule has 1 aromatic heterocycles. The molecule has 4 rings (SSSR count). The topological polar surface area (TPSA) is 110 Å². The van der Waals surface area contributed by atoms with Crippen molar-refractivity contribution in [2.24, 2.45) is 0 Å². The zero-order valence-electron chi connectivity index (χ0n) is 17.8. The molecule has 168 valence electrons. The molecule has 1 fully saturated rings. The first-order valence-electron chi connectivity index (χ1n) is 10.1. The molecule has 32 heavy (non-hydrogen) atoms. The van der Waals surface area contributed by atoms with Crippen LogP contribution in [0, 0.1) is 13.8 Å². The number of carbonyl (C=O) groups is 2. The summed E-state index contributed by atoms with van der Waals surface area (Å²) >= 11 is 0. The van der Waals surface area contributed by atoms with Gasteiger partial charge in [0, 0.05) is 26.2 Å². The molecule has 0 N–H and O–H groups in total. The van der Waals surface area contributed by atoms with Gasteiger partial charge in [-0.05, 0) is 36.8 Å². The van der Waals surface area contributed by atoms with Gasteiger partial charge in [0.2, 0.25) is 10.0 Å². The van der Waals surface area contributed by atoms with Crippen LogP contribution in [0.2, 0.25) is 0 Å². The minimum Gasteiger partial charge on any atom is -0.452 e. The molecule has 0 aliphatic carbocycles. The van der Waals surface area contributed by atoms with E-state index in [1.807, 2.05) is 24.3 Å². The molecule has 1 aliphatic heterocycles. The SMILES string of the molecule is Cc1noc(C)c1C(=O)OCC(=O)N1CCN(S(=O)(=O)c2ccc3ccccc3c2)CC1. The summed E-state index contributed by atoms with van der Waals surface area (Å²) in [5, 5.41) is 5.51. The van der Waals surface area contributed by atoms with E-state index in [1.165, 1.54) is 9.21 Å². The van der Waals surface area contributed by atoms with Crippen molar-refractivity contribution in [1.29, 1.82) is 0 Å². The number of aromatic nitrogens is 1. The second kappa shape index (κ2) is 8.71. The minimum absolute atomic E-state index is 0.165. The number of amides is 1. The molecule has 9 nitrogen and oxygen atoms in total. The first-order valence-corrected chi connectivity index (χ1v) is 11.6. The standard InChI is InChI=1S/C22H23N3O6S/c1-15-21(16(2)31-23-15)22(27)30-14-20(26)24-9-11-25(12-10-24)32(28,29)19-8-7-17-5-3-4-6-18(17)13-19/h3-8,13H,9-12,14H2,1-2H3. The first-order chi connectivity index (χ1) is 15.3. The molecule has 0 unspecified atom stereocenters. The predicted molar refractivity (Wildman–Crippen MR) is 116 cm³/mol. The number of carbonyl (C=O) groups excluding carboxylic acids is 2. The smallest absolute Gasteiger partial charge is 0.344 e. The molecule has 0 bridgehead atoms. The summed E-state index contributed by atoms with van der Waals surface area (Å²) in [7, 11) is -3.67. The molecule has 1 aliphatic rings. The van der Waals surface area contributed by atoms with Crippen LogP contribution in [-0.4, -0.2) is 67.4 Å². The third kappa shape index (κ3) is 4.23. The second-order valence-corrected chi connectivity index (χ2v) is 9.51. The number of sulfonamides is 1. The number of hydrogen-bond donors (Lipinski definition) is 0. The van der Waals surface area contributed by atoms with E-state index in [0.717, 1.165) is 10.8 Å². The van der Waals surface area contributed by atoms with Gasteiger partial charge in [-0.25, -0.2) is 13.2 Å². The molecule has 0 radical (unpaired) electrons. The maximum Gasteiger partial charge on any atom is 0.344 e. The number of rotatable bonds is 5. The van der Waals surface area contributed by atoms with Gasteiger partial charge < -0.3 is 14.2 Å². The maximum atomic E-state index is 13.1. The fourth-order valence-corrected chi connectivity index (χ4v) is 5.18. The van der Waals surface area contributed by atoms with Crippen molar-refractivity contribution >= 4 is 32.7 Å². The van der Waals surface area contributed by atoms with Crippen molar-refractivity contribution in [3.63, 3.8) is 0 Å². The van der Waals surface area contributed by atoms with Gasteiger partial charge in [-0.1, -0.05) is 35.5 Å². The van der Waals surface area contributed by atoms with Crippen LogP contribution in [0.3, 0.4) is 0 Å². The van der Waals surface area contributed by atoms with Gasteiger partial charge in [-0.3, -0.25) is 4.79 Å². The van der Waals surface area contributed by atoms with Crippen LogP contribution in [0.1, 0.15) is 21.8 Å². The number of piperazine rings is 1. The maximum absolute atomic E-state index is 13.1. The number of hydrogen-bond acceptors (Lipinski definition) is 7. The lowest BCUT2D eigenvalue weighted by molar-refractivity contribution is -0.135. The molecule has 1 saturated heterocycles. The van der Waals surface area contributed by atoms with Crippen LogP contribution in [-0.2, 0) is 19.6 Å². The lowest BCUT2D eigenvalue weighted by Gasteiger charge is -2.33. The molecule has 2 heterocycles. The molecule has 3 aromatic rings. The number of aryl methyl sites for hydroxylation is 2. The number of fused-ring (bicyclic) bond motifs is 1. The zero-order chi connectivity index (χ0) is 22.9. The second-order valence-electron chi connectivity index (χ2n) is 7.57. The predicted octanol–water partition coefficient (Wildman–Crippen LogP) is 2.13. The molecule has 0 atom stereocenters. The number of nitrogens with zero attached hydrogens (tertiary/aromatic N) is 3. The Morgan fingerprint density at radius 1 is 1.03 bits per heavy atom. The van der Waals surface area contributed by atoms with Gasteiger partial charge >= 0.3 is 5.97 Å². The summed E-state index contributed by atoms with van der Waals surface area (Å²) in [4.78, 5) is 26.4. The lowest BCUT2D eigenvalue weighted by atomic mass is 10.1. The highest BCUT2D eigenvalue weighted by molar-refractivity contribution is 7.89. The van der Waals surface area contributed by atoms with Crippen LogP contribution < -0.4 is 0 Å². The quantitative estimate of drug-likeness (QED) is 0.540. The lowest BCUT2D eigenvalue weighted by Crippen LogP contribution is -2.51. The van der Waals surface area contributed by atoms with E-state index in [0.29, 0.717) is 11.5 Å². The van der Waals surface area contributed by atoms with E-state index < -0.39 is 22.6 Å². The monoisotopic (exact) mass is 457 g/mol. The van der Waals surface area contributed by atoms with Crippen molar-refractivity contribution in [3.05, 3.63) is 59.5 Å². The molecule has 10 heteroatoms. The average Bonchev–Trinajstić information content (AvgIpc) is 3.14. The van der Waals surface area contributed by atoms with Crippen LogP contribution in [0.25, 0.3) is 10.8 Å². The van der Waals surface area contributed by atoms with E-state index in [4.69, 9.17) is 9.26 Å². The third-order valence-corrected chi connectivity index (χ3v) is 7.41. The fraction of sp³-hybridized carbons (Fsp3) is 0.318. The van der Waals surface area contributed by atoms with E-state index in [1.54, 1.807) is 32.0 Å². The summed E-state index contributed by atoms with van der Waals surface area (Å²) in [6.07, 6.45) is 0. The molecular formula is C22H23N3O6S. The summed E-state index contributed by atoms with van der Waals surface area (Å²) in [6, 6.07) is 12.6. The zero-order valence-corrected chi connectivity index (χ0v) is 18.6. The van der Waals surface area contributed by atoms with Gasteiger partial charge in [0.15, 0.2) is 6.61 Å². The van der Waals surface area contributed by atoms with Gasteiger partial charge in [0.05, 0.1) is 10.6 Å². The Morgan fingerprint density at radius 3 is 2.38 bits per heavy atom. The summed E-state index contributed by atoms with van der Waals surface area (Å²) in [5.74, 6) is -0.729. The Bertz CT molecular complexity index is 1260. The number of ether oxygens (including phenoxy) is 1. The Kier molecular flexibility index (Phi) is 5.98. The summed E-state index contributed by atoms with van der Waals surface area (Å²) < 4.78 is 37.5. The highest BCUT2D eigenvalue weighted by atomic mass is 32.2. The van der Waals surface area contributed by atoms with E-state index in [-0.39, 0.29) is 42.5 Å². The Balaban J connectivity index is 1.35. The van der Waals surface area contributed by atoms with Crippen molar-refractivity contribution in [2.45, 2.75) is 18.7 Å². The van der Waals surface area contributed by atoms with Gasteiger partial charge in [-0.15, -0.1) is 0 Å². The van der Waals surface area contributed by atoms with Gasteiger partial charge in [0.1, 0.15) is 11.3 Å². The Morgan fingerprint density at radius 2 is 1.72 bits per heavy atom. The highest BCUT2D eigenvalue weighted by Gasteiger charge is 2.31. The van der Waals surface area contributed by atoms with Crippen molar-refractivity contribution < 1.29 is 27.3 Å². The largest absolute Gasteiger partial charge is 0.452 e.